The highest BCUT2D eigenvalue weighted by molar-refractivity contribution is 6.74. The van der Waals surface area contributed by atoms with Gasteiger partial charge in [-0.3, -0.25) is 9.59 Å². The summed E-state index contributed by atoms with van der Waals surface area (Å²) in [5.41, 5.74) is 3.37. The van der Waals surface area contributed by atoms with Crippen LogP contribution in [0.5, 0.6) is 0 Å². The molecule has 1 saturated heterocycles. The van der Waals surface area contributed by atoms with Crippen molar-refractivity contribution in [1.29, 1.82) is 0 Å². The lowest BCUT2D eigenvalue weighted by Gasteiger charge is -2.41. The van der Waals surface area contributed by atoms with E-state index >= 15 is 0 Å². The Balaban J connectivity index is 1.59. The summed E-state index contributed by atoms with van der Waals surface area (Å²) < 4.78 is 8.89. The number of fused-ring (bicyclic) bond motifs is 3. The molecule has 0 N–H and O–H groups in total. The Bertz CT molecular complexity index is 1250. The summed E-state index contributed by atoms with van der Waals surface area (Å²) in [4.78, 5) is 33.7. The minimum atomic E-state index is -2.15. The van der Waals surface area contributed by atoms with E-state index in [0.29, 0.717) is 18.7 Å². The fourth-order valence-corrected chi connectivity index (χ4v) is 6.26. The molecule has 2 unspecified atom stereocenters. The molecule has 7 heteroatoms. The zero-order valence-corrected chi connectivity index (χ0v) is 22.1. The molecule has 182 valence electrons. The molecule has 2 amide bonds. The van der Waals surface area contributed by atoms with Crippen molar-refractivity contribution in [3.05, 3.63) is 83.9 Å². The van der Waals surface area contributed by atoms with Crippen LogP contribution in [0.1, 0.15) is 56.2 Å². The molecule has 1 aliphatic carbocycles. The van der Waals surface area contributed by atoms with Gasteiger partial charge in [-0.2, -0.15) is 0 Å². The maximum absolute atomic E-state index is 13.8. The first kappa shape index (κ1) is 23.7. The number of amides is 2. The molecular formula is C28H33N3O3Si. The lowest BCUT2D eigenvalue weighted by Crippen LogP contribution is -2.43. The molecule has 35 heavy (non-hydrogen) atoms. The second-order valence-electron chi connectivity index (χ2n) is 11.2. The largest absolute Gasteiger partial charge is 0.408 e. The molecule has 1 aliphatic heterocycles. The molecule has 2 aromatic carbocycles. The Morgan fingerprint density at radius 3 is 2.23 bits per heavy atom. The molecule has 1 aromatic heterocycles. The molecule has 3 atom stereocenters. The van der Waals surface area contributed by atoms with Crippen LogP contribution in [-0.2, 0) is 20.6 Å². The van der Waals surface area contributed by atoms with Gasteiger partial charge in [-0.05, 0) is 42.2 Å². The Labute approximate surface area is 208 Å². The van der Waals surface area contributed by atoms with Gasteiger partial charge in [-0.25, -0.2) is 9.88 Å². The van der Waals surface area contributed by atoms with Gasteiger partial charge in [0.15, 0.2) is 8.32 Å². The number of imidazole rings is 1. The van der Waals surface area contributed by atoms with Crippen LogP contribution in [0.15, 0.2) is 67.0 Å². The van der Waals surface area contributed by atoms with E-state index in [2.05, 4.69) is 46.0 Å². The second-order valence-corrected chi connectivity index (χ2v) is 15.9. The number of para-hydroxylation sites is 1. The molecule has 6 nitrogen and oxygen atoms in total. The van der Waals surface area contributed by atoms with E-state index in [1.165, 1.54) is 4.90 Å². The van der Waals surface area contributed by atoms with Crippen LogP contribution < -0.4 is 4.90 Å². The highest BCUT2D eigenvalue weighted by Gasteiger charge is 2.56. The molecule has 3 aromatic rings. The molecule has 0 radical (unpaired) electrons. The van der Waals surface area contributed by atoms with Crippen LogP contribution in [0, 0.1) is 5.92 Å². The zero-order valence-electron chi connectivity index (χ0n) is 21.1. The van der Waals surface area contributed by atoms with Crippen LogP contribution in [-0.4, -0.2) is 29.7 Å². The highest BCUT2D eigenvalue weighted by atomic mass is 28.4. The van der Waals surface area contributed by atoms with Gasteiger partial charge in [-0.1, -0.05) is 69.3 Å². The van der Waals surface area contributed by atoms with E-state index in [9.17, 15) is 9.59 Å². The number of anilines is 1. The summed E-state index contributed by atoms with van der Waals surface area (Å²) in [5, 5.41) is 0.0161. The first-order valence-corrected chi connectivity index (χ1v) is 15.2. The third kappa shape index (κ3) is 4.06. The smallest absolute Gasteiger partial charge is 0.243 e. The third-order valence-corrected chi connectivity index (χ3v) is 12.3. The average molecular weight is 488 g/mol. The number of aromatic nitrogens is 2. The Hall–Kier alpha value is -3.03. The van der Waals surface area contributed by atoms with Gasteiger partial charge in [0.1, 0.15) is 0 Å². The van der Waals surface area contributed by atoms with Gasteiger partial charge in [0.25, 0.3) is 0 Å². The summed E-state index contributed by atoms with van der Waals surface area (Å²) in [6.07, 6.45) is 1.97. The van der Waals surface area contributed by atoms with E-state index in [-0.39, 0.29) is 23.0 Å². The predicted octanol–water partition coefficient (Wildman–Crippen LogP) is 5.67. The van der Waals surface area contributed by atoms with Crippen LogP contribution in [0.2, 0.25) is 18.1 Å². The maximum Gasteiger partial charge on any atom is 0.243 e. The van der Waals surface area contributed by atoms with Crippen molar-refractivity contribution in [2.75, 3.05) is 4.90 Å². The van der Waals surface area contributed by atoms with Crippen molar-refractivity contribution in [3.63, 3.8) is 0 Å². The number of carbonyl (C=O) groups excluding carboxylic acids is 2. The van der Waals surface area contributed by atoms with Crippen molar-refractivity contribution < 1.29 is 14.0 Å². The van der Waals surface area contributed by atoms with Crippen molar-refractivity contribution in [1.82, 2.24) is 9.55 Å². The maximum atomic E-state index is 13.8. The van der Waals surface area contributed by atoms with Crippen LogP contribution in [0.4, 0.5) is 5.69 Å². The normalized spacial score (nSPS) is 22.3. The van der Waals surface area contributed by atoms with E-state index < -0.39 is 20.2 Å². The molecule has 2 aliphatic rings. The highest BCUT2D eigenvalue weighted by Crippen LogP contribution is 2.51. The van der Waals surface area contributed by atoms with E-state index in [0.717, 1.165) is 17.0 Å². The lowest BCUT2D eigenvalue weighted by molar-refractivity contribution is -0.122. The van der Waals surface area contributed by atoms with Crippen LogP contribution >= 0.6 is 0 Å². The van der Waals surface area contributed by atoms with Gasteiger partial charge < -0.3 is 8.99 Å². The first-order valence-electron chi connectivity index (χ1n) is 12.3. The summed E-state index contributed by atoms with van der Waals surface area (Å²) in [7, 11) is -2.15. The fourth-order valence-electron chi connectivity index (χ4n) is 4.98. The number of benzene rings is 2. The number of hydrogen-bond donors (Lipinski definition) is 0. The number of rotatable bonds is 5. The number of carbonyl (C=O) groups is 2. The van der Waals surface area contributed by atoms with Gasteiger partial charge >= 0.3 is 0 Å². The standard InChI is InChI=1S/C28H33N3O3Si/c1-28(2,3)35(4,5)34-22-16-21-23(27(33)31(26(21)32)20-14-10-7-11-15-20)25-24(22)29-18-30(25)17-19-12-8-6-9-13-19/h6-15,18,21-23H,16-17H2,1-5H3/t21?,22-,23?/m1/s1. The molecule has 0 spiro atoms. The van der Waals surface area contributed by atoms with Crippen LogP contribution in [0.25, 0.3) is 0 Å². The van der Waals surface area contributed by atoms with E-state index in [1.807, 2.05) is 59.4 Å². The summed E-state index contributed by atoms with van der Waals surface area (Å²) in [5.74, 6) is -1.33. The Kier molecular flexibility index (Phi) is 5.80. The van der Waals surface area contributed by atoms with Crippen molar-refractivity contribution in [3.8, 4) is 0 Å². The molecule has 2 heterocycles. The SMILES string of the molecule is CC(C)(C)[Si](C)(C)O[C@@H]1CC2C(=O)N(c3ccccc3)C(=O)C2c2c1ncn2Cc1ccccc1. The third-order valence-electron chi connectivity index (χ3n) is 7.86. The fraction of sp³-hybridized carbons (Fsp3) is 0.393. The molecule has 5 rings (SSSR count). The van der Waals surface area contributed by atoms with Crippen molar-refractivity contribution in [2.24, 2.45) is 5.92 Å². The zero-order chi connectivity index (χ0) is 25.0. The average Bonchev–Trinajstić information content (AvgIpc) is 3.33. The molecule has 0 saturated carbocycles. The van der Waals surface area contributed by atoms with E-state index in [4.69, 9.17) is 9.41 Å². The van der Waals surface area contributed by atoms with Crippen molar-refractivity contribution >= 4 is 25.8 Å². The minimum absolute atomic E-state index is 0.0161. The van der Waals surface area contributed by atoms with E-state index in [1.54, 1.807) is 0 Å². The van der Waals surface area contributed by atoms with Gasteiger partial charge in [0, 0.05) is 6.54 Å². The topological polar surface area (TPSA) is 64.4 Å². The molecular weight excluding hydrogens is 454 g/mol. The first-order chi connectivity index (χ1) is 16.6. The van der Waals surface area contributed by atoms with Gasteiger partial charge in [0.2, 0.25) is 11.8 Å². The second kappa shape index (κ2) is 8.57. The van der Waals surface area contributed by atoms with Gasteiger partial charge in [-0.15, -0.1) is 0 Å². The van der Waals surface area contributed by atoms with Crippen molar-refractivity contribution in [2.45, 2.75) is 63.9 Å². The minimum Gasteiger partial charge on any atom is -0.408 e. The number of nitrogens with zero attached hydrogens (tertiary/aromatic N) is 3. The lowest BCUT2D eigenvalue weighted by atomic mass is 9.80. The van der Waals surface area contributed by atoms with Crippen LogP contribution in [0.3, 0.4) is 0 Å². The summed E-state index contributed by atoms with van der Waals surface area (Å²) >= 11 is 0. The summed E-state index contributed by atoms with van der Waals surface area (Å²) in [6, 6.07) is 19.4. The molecule has 1 fully saturated rings. The summed E-state index contributed by atoms with van der Waals surface area (Å²) in [6.45, 7) is 11.7. The Morgan fingerprint density at radius 2 is 1.60 bits per heavy atom. The van der Waals surface area contributed by atoms with Gasteiger partial charge in [0.05, 0.1) is 41.3 Å². The monoisotopic (exact) mass is 487 g/mol. The predicted molar refractivity (Wildman–Crippen MR) is 139 cm³/mol. The number of hydrogen-bond acceptors (Lipinski definition) is 4. The molecule has 0 bridgehead atoms. The Morgan fingerprint density at radius 1 is 0.971 bits per heavy atom. The number of imide groups is 1. The quantitative estimate of drug-likeness (QED) is 0.344.